The van der Waals surface area contributed by atoms with E-state index in [0.717, 1.165) is 0 Å². The molecule has 2 aromatic rings. The van der Waals surface area contributed by atoms with Gasteiger partial charge in [0.05, 0.1) is 6.42 Å². The van der Waals surface area contributed by atoms with Crippen LogP contribution in [0.5, 0.6) is 0 Å². The van der Waals surface area contributed by atoms with Gasteiger partial charge in [0.15, 0.2) is 0 Å². The predicted molar refractivity (Wildman–Crippen MR) is 92.4 cm³/mol. The lowest BCUT2D eigenvalue weighted by Crippen LogP contribution is -2.48. The Bertz CT molecular complexity index is 870. The second-order valence-corrected chi connectivity index (χ2v) is 6.38. The highest BCUT2D eigenvalue weighted by molar-refractivity contribution is 6.31. The van der Waals surface area contributed by atoms with E-state index in [1.54, 1.807) is 37.3 Å². The average Bonchev–Trinajstić information content (AvgIpc) is 2.83. The van der Waals surface area contributed by atoms with Gasteiger partial charge in [-0.1, -0.05) is 48.0 Å². The number of carbonyl (C=O) groups excluding carboxylic acids is 3. The van der Waals surface area contributed by atoms with E-state index >= 15 is 0 Å². The van der Waals surface area contributed by atoms with Crippen LogP contribution in [0.1, 0.15) is 18.1 Å². The SMILES string of the molecule is CC1(c2ccccc2)NC(=O)N(NC(=O)Cc2c(F)cccc2Cl)C1=O. The summed E-state index contributed by atoms with van der Waals surface area (Å²) in [5, 5.41) is 3.25. The highest BCUT2D eigenvalue weighted by Crippen LogP contribution is 2.27. The van der Waals surface area contributed by atoms with Crippen molar-refractivity contribution >= 4 is 29.4 Å². The van der Waals surface area contributed by atoms with Crippen molar-refractivity contribution in [2.75, 3.05) is 0 Å². The van der Waals surface area contributed by atoms with Crippen LogP contribution >= 0.6 is 11.6 Å². The molecule has 2 aromatic carbocycles. The molecule has 134 valence electrons. The van der Waals surface area contributed by atoms with Gasteiger partial charge in [-0.25, -0.2) is 9.18 Å². The highest BCUT2D eigenvalue weighted by Gasteiger charge is 2.49. The lowest BCUT2D eigenvalue weighted by atomic mass is 9.92. The molecular formula is C18H15ClFN3O3. The molecule has 4 amide bonds. The van der Waals surface area contributed by atoms with Crippen LogP contribution in [0.4, 0.5) is 9.18 Å². The molecule has 1 aliphatic rings. The first-order valence-electron chi connectivity index (χ1n) is 7.77. The first kappa shape index (κ1) is 17.9. The van der Waals surface area contributed by atoms with Crippen molar-refractivity contribution in [3.8, 4) is 0 Å². The maximum Gasteiger partial charge on any atom is 0.344 e. The quantitative estimate of drug-likeness (QED) is 0.806. The molecule has 2 N–H and O–H groups in total. The number of amides is 4. The third kappa shape index (κ3) is 3.13. The summed E-state index contributed by atoms with van der Waals surface area (Å²) in [6, 6.07) is 11.9. The zero-order chi connectivity index (χ0) is 18.9. The number of urea groups is 1. The number of hydrogen-bond acceptors (Lipinski definition) is 3. The molecule has 3 rings (SSSR count). The molecule has 0 saturated carbocycles. The minimum Gasteiger partial charge on any atom is -0.318 e. The molecule has 0 bridgehead atoms. The fraction of sp³-hybridized carbons (Fsp3) is 0.167. The van der Waals surface area contributed by atoms with Crippen LogP contribution in [0.25, 0.3) is 0 Å². The Balaban J connectivity index is 1.77. The van der Waals surface area contributed by atoms with Gasteiger partial charge in [0.2, 0.25) is 5.91 Å². The number of hydrazine groups is 1. The van der Waals surface area contributed by atoms with E-state index in [-0.39, 0.29) is 10.6 Å². The summed E-state index contributed by atoms with van der Waals surface area (Å²) in [5.74, 6) is -2.02. The summed E-state index contributed by atoms with van der Waals surface area (Å²) >= 11 is 5.89. The van der Waals surface area contributed by atoms with E-state index in [1.807, 2.05) is 0 Å². The summed E-state index contributed by atoms with van der Waals surface area (Å²) in [6.45, 7) is 1.54. The maximum atomic E-state index is 13.8. The van der Waals surface area contributed by atoms with Gasteiger partial charge in [-0.3, -0.25) is 15.0 Å². The molecule has 0 radical (unpaired) electrons. The smallest absolute Gasteiger partial charge is 0.318 e. The Labute approximate surface area is 153 Å². The van der Waals surface area contributed by atoms with Gasteiger partial charge in [-0.2, -0.15) is 5.01 Å². The zero-order valence-corrected chi connectivity index (χ0v) is 14.5. The van der Waals surface area contributed by atoms with Crippen molar-refractivity contribution in [2.45, 2.75) is 18.9 Å². The molecule has 1 saturated heterocycles. The van der Waals surface area contributed by atoms with E-state index in [1.165, 1.54) is 18.2 Å². The van der Waals surface area contributed by atoms with Crippen molar-refractivity contribution in [1.29, 1.82) is 0 Å². The lowest BCUT2D eigenvalue weighted by molar-refractivity contribution is -0.138. The summed E-state index contributed by atoms with van der Waals surface area (Å²) in [4.78, 5) is 37.1. The van der Waals surface area contributed by atoms with Crippen molar-refractivity contribution in [3.63, 3.8) is 0 Å². The lowest BCUT2D eigenvalue weighted by Gasteiger charge is -2.22. The molecule has 26 heavy (non-hydrogen) atoms. The minimum atomic E-state index is -1.30. The molecular weight excluding hydrogens is 361 g/mol. The number of carbonyl (C=O) groups is 3. The molecule has 6 nitrogen and oxygen atoms in total. The predicted octanol–water partition coefficient (Wildman–Crippen LogP) is 2.52. The van der Waals surface area contributed by atoms with Crippen molar-refractivity contribution < 1.29 is 18.8 Å². The Morgan fingerprint density at radius 1 is 1.19 bits per heavy atom. The number of benzene rings is 2. The monoisotopic (exact) mass is 375 g/mol. The Kier molecular flexibility index (Phi) is 4.65. The topological polar surface area (TPSA) is 78.5 Å². The molecule has 1 heterocycles. The first-order valence-corrected chi connectivity index (χ1v) is 8.15. The molecule has 1 aliphatic heterocycles. The van der Waals surface area contributed by atoms with E-state index < -0.39 is 35.6 Å². The Hall–Kier alpha value is -2.93. The van der Waals surface area contributed by atoms with Crippen molar-refractivity contribution in [2.24, 2.45) is 0 Å². The van der Waals surface area contributed by atoms with Gasteiger partial charge in [-0.05, 0) is 24.6 Å². The molecule has 0 aliphatic carbocycles. The molecule has 8 heteroatoms. The van der Waals surface area contributed by atoms with Crippen molar-refractivity contribution in [1.82, 2.24) is 15.8 Å². The third-order valence-corrected chi connectivity index (χ3v) is 4.53. The molecule has 1 atom stereocenters. The summed E-state index contributed by atoms with van der Waals surface area (Å²) in [7, 11) is 0. The van der Waals surface area contributed by atoms with Crippen LogP contribution in [0.3, 0.4) is 0 Å². The fourth-order valence-electron chi connectivity index (χ4n) is 2.73. The number of imide groups is 1. The van der Waals surface area contributed by atoms with Crippen LogP contribution in [-0.4, -0.2) is 22.9 Å². The van der Waals surface area contributed by atoms with E-state index in [4.69, 9.17) is 11.6 Å². The first-order chi connectivity index (χ1) is 12.3. The number of nitrogens with one attached hydrogen (secondary N) is 2. The normalized spacial score (nSPS) is 19.4. The van der Waals surface area contributed by atoms with Gasteiger partial charge in [0, 0.05) is 10.6 Å². The van der Waals surface area contributed by atoms with Crippen molar-refractivity contribution in [3.05, 3.63) is 70.5 Å². The number of rotatable bonds is 4. The van der Waals surface area contributed by atoms with Gasteiger partial charge >= 0.3 is 6.03 Å². The molecule has 0 aromatic heterocycles. The summed E-state index contributed by atoms with van der Waals surface area (Å²) in [6.07, 6.45) is -0.412. The van der Waals surface area contributed by atoms with E-state index in [2.05, 4.69) is 10.7 Å². The summed E-state index contributed by atoms with van der Waals surface area (Å²) in [5.41, 5.74) is 1.48. The summed E-state index contributed by atoms with van der Waals surface area (Å²) < 4.78 is 13.8. The highest BCUT2D eigenvalue weighted by atomic mass is 35.5. The van der Waals surface area contributed by atoms with Gasteiger partial charge in [-0.15, -0.1) is 0 Å². The second-order valence-electron chi connectivity index (χ2n) is 5.97. The van der Waals surface area contributed by atoms with Gasteiger partial charge in [0.1, 0.15) is 11.4 Å². The third-order valence-electron chi connectivity index (χ3n) is 4.18. The standard InChI is InChI=1S/C18H15ClFN3O3/c1-18(11-6-3-2-4-7-11)16(25)23(17(26)21-18)22-15(24)10-12-13(19)8-5-9-14(12)20/h2-9H,10H2,1H3,(H,21,26)(H,22,24). The largest absolute Gasteiger partial charge is 0.344 e. The van der Waals surface area contributed by atoms with E-state index in [0.29, 0.717) is 10.6 Å². The Morgan fingerprint density at radius 2 is 1.88 bits per heavy atom. The molecule has 0 spiro atoms. The number of halogens is 2. The van der Waals surface area contributed by atoms with Crippen LogP contribution < -0.4 is 10.7 Å². The fourth-order valence-corrected chi connectivity index (χ4v) is 2.96. The maximum absolute atomic E-state index is 13.8. The van der Waals surface area contributed by atoms with Gasteiger partial charge in [0.25, 0.3) is 5.91 Å². The van der Waals surface area contributed by atoms with E-state index in [9.17, 15) is 18.8 Å². The van der Waals surface area contributed by atoms with Crippen LogP contribution in [0, 0.1) is 5.82 Å². The molecule has 1 unspecified atom stereocenters. The molecule has 1 fully saturated rings. The average molecular weight is 376 g/mol. The van der Waals surface area contributed by atoms with Gasteiger partial charge < -0.3 is 5.32 Å². The zero-order valence-electron chi connectivity index (χ0n) is 13.8. The minimum absolute atomic E-state index is 0.00968. The Morgan fingerprint density at radius 3 is 2.54 bits per heavy atom. The second kappa shape index (κ2) is 6.76. The van der Waals surface area contributed by atoms with Crippen LogP contribution in [0.2, 0.25) is 5.02 Å². The number of nitrogens with zero attached hydrogens (tertiary/aromatic N) is 1. The van der Waals surface area contributed by atoms with Crippen LogP contribution in [-0.2, 0) is 21.5 Å². The number of hydrogen-bond donors (Lipinski definition) is 2. The van der Waals surface area contributed by atoms with Crippen LogP contribution in [0.15, 0.2) is 48.5 Å².